The summed E-state index contributed by atoms with van der Waals surface area (Å²) in [6, 6.07) is 8.95. The van der Waals surface area contributed by atoms with Gasteiger partial charge in [0.1, 0.15) is 24.7 Å². The highest BCUT2D eigenvalue weighted by atomic mass is 16.6. The summed E-state index contributed by atoms with van der Waals surface area (Å²) in [4.78, 5) is 24.5. The quantitative estimate of drug-likeness (QED) is 0.686. The van der Waals surface area contributed by atoms with E-state index in [1.165, 1.54) is 6.33 Å². The molecule has 1 fully saturated rings. The number of fused-ring (bicyclic) bond motifs is 1. The number of carbonyl (C=O) groups excluding carboxylic acids is 1. The third-order valence-corrected chi connectivity index (χ3v) is 4.04. The van der Waals surface area contributed by atoms with Crippen molar-refractivity contribution in [1.29, 1.82) is 0 Å². The van der Waals surface area contributed by atoms with Crippen molar-refractivity contribution in [2.75, 3.05) is 6.61 Å². The zero-order valence-corrected chi connectivity index (χ0v) is 12.9. The minimum absolute atomic E-state index is 0.123. The Kier molecular flexibility index (Phi) is 3.92. The molecular formula is C17H16N4O3. The third-order valence-electron chi connectivity index (χ3n) is 4.04. The zero-order chi connectivity index (χ0) is 16.4. The first-order chi connectivity index (χ1) is 11.8. The molecule has 0 radical (unpaired) electrons. The molecule has 1 aromatic carbocycles. The Bertz CT molecular complexity index is 849. The van der Waals surface area contributed by atoms with Crippen LogP contribution in [0.5, 0.6) is 0 Å². The summed E-state index contributed by atoms with van der Waals surface area (Å²) in [5, 5.41) is 0. The van der Waals surface area contributed by atoms with Crippen LogP contribution in [0.2, 0.25) is 0 Å². The lowest BCUT2D eigenvalue weighted by molar-refractivity contribution is -0.0309. The van der Waals surface area contributed by atoms with E-state index in [1.54, 1.807) is 24.7 Å². The van der Waals surface area contributed by atoms with Gasteiger partial charge in [0.2, 0.25) is 0 Å². The minimum Gasteiger partial charge on any atom is -0.459 e. The number of rotatable bonds is 4. The van der Waals surface area contributed by atoms with E-state index in [1.807, 2.05) is 22.8 Å². The van der Waals surface area contributed by atoms with Gasteiger partial charge >= 0.3 is 5.97 Å². The van der Waals surface area contributed by atoms with Gasteiger partial charge in [-0.25, -0.2) is 19.7 Å². The fourth-order valence-corrected chi connectivity index (χ4v) is 2.84. The first-order valence-corrected chi connectivity index (χ1v) is 7.81. The van der Waals surface area contributed by atoms with Gasteiger partial charge in [0.25, 0.3) is 0 Å². The van der Waals surface area contributed by atoms with Crippen molar-refractivity contribution < 1.29 is 14.3 Å². The van der Waals surface area contributed by atoms with Crippen molar-refractivity contribution in [3.8, 4) is 0 Å². The lowest BCUT2D eigenvalue weighted by Crippen LogP contribution is -2.19. The number of esters is 1. The molecule has 2 atom stereocenters. The third kappa shape index (κ3) is 2.85. The molecule has 7 nitrogen and oxygen atoms in total. The normalized spacial score (nSPS) is 20.3. The molecule has 2 aromatic heterocycles. The average molecular weight is 324 g/mol. The van der Waals surface area contributed by atoms with Gasteiger partial charge in [0.15, 0.2) is 5.65 Å². The fourth-order valence-electron chi connectivity index (χ4n) is 2.84. The smallest absolute Gasteiger partial charge is 0.338 e. The van der Waals surface area contributed by atoms with Gasteiger partial charge in [-0.15, -0.1) is 0 Å². The molecule has 1 unspecified atom stereocenters. The van der Waals surface area contributed by atoms with Crippen molar-refractivity contribution in [3.63, 3.8) is 0 Å². The summed E-state index contributed by atoms with van der Waals surface area (Å²) >= 11 is 0. The van der Waals surface area contributed by atoms with Crippen LogP contribution >= 0.6 is 0 Å². The van der Waals surface area contributed by atoms with Crippen LogP contribution in [0.4, 0.5) is 0 Å². The van der Waals surface area contributed by atoms with E-state index in [9.17, 15) is 4.79 Å². The average Bonchev–Trinajstić information content (AvgIpc) is 3.27. The van der Waals surface area contributed by atoms with Crippen LogP contribution in [-0.2, 0) is 9.47 Å². The molecule has 0 spiro atoms. The van der Waals surface area contributed by atoms with Crippen LogP contribution < -0.4 is 0 Å². The molecule has 122 valence electrons. The number of nitrogens with zero attached hydrogens (tertiary/aromatic N) is 4. The van der Waals surface area contributed by atoms with Gasteiger partial charge in [0.05, 0.1) is 24.2 Å². The molecular weight excluding hydrogens is 308 g/mol. The summed E-state index contributed by atoms with van der Waals surface area (Å²) in [5.74, 6) is -0.330. The van der Waals surface area contributed by atoms with E-state index in [0.717, 1.165) is 24.0 Å². The molecule has 0 saturated carbocycles. The van der Waals surface area contributed by atoms with Gasteiger partial charge < -0.3 is 9.47 Å². The minimum atomic E-state index is -0.330. The largest absolute Gasteiger partial charge is 0.459 e. The second-order valence-corrected chi connectivity index (χ2v) is 5.64. The second-order valence-electron chi connectivity index (χ2n) is 5.64. The molecule has 4 rings (SSSR count). The van der Waals surface area contributed by atoms with Crippen molar-refractivity contribution in [3.05, 3.63) is 54.7 Å². The van der Waals surface area contributed by atoms with Gasteiger partial charge in [-0.2, -0.15) is 0 Å². The summed E-state index contributed by atoms with van der Waals surface area (Å²) in [6.07, 6.45) is 6.25. The first-order valence-electron chi connectivity index (χ1n) is 7.81. The van der Waals surface area contributed by atoms with Gasteiger partial charge in [-0.1, -0.05) is 18.2 Å². The Hall–Kier alpha value is -2.80. The number of ether oxygens (including phenoxy) is 2. The first kappa shape index (κ1) is 14.8. The molecule has 0 bridgehead atoms. The van der Waals surface area contributed by atoms with Crippen molar-refractivity contribution in [1.82, 2.24) is 19.5 Å². The number of hydrogen-bond donors (Lipinski definition) is 0. The maximum absolute atomic E-state index is 12.0. The van der Waals surface area contributed by atoms with E-state index in [2.05, 4.69) is 15.0 Å². The van der Waals surface area contributed by atoms with Crippen LogP contribution in [0, 0.1) is 0 Å². The lowest BCUT2D eigenvalue weighted by Gasteiger charge is -2.15. The Labute approximate surface area is 138 Å². The predicted octanol–water partition coefficient (Wildman–Crippen LogP) is 2.36. The van der Waals surface area contributed by atoms with Crippen LogP contribution in [0.1, 0.15) is 29.4 Å². The fraction of sp³-hybridized carbons (Fsp3) is 0.294. The number of aromatic nitrogens is 4. The maximum Gasteiger partial charge on any atom is 0.338 e. The van der Waals surface area contributed by atoms with Crippen LogP contribution in [0.25, 0.3) is 11.2 Å². The Balaban J connectivity index is 1.38. The number of hydrogen-bond acceptors (Lipinski definition) is 6. The highest BCUT2D eigenvalue weighted by Crippen LogP contribution is 2.30. The number of carbonyl (C=O) groups is 1. The van der Waals surface area contributed by atoms with E-state index < -0.39 is 0 Å². The van der Waals surface area contributed by atoms with Crippen LogP contribution in [0.15, 0.2) is 49.2 Å². The lowest BCUT2D eigenvalue weighted by atomic mass is 10.2. The molecule has 0 aliphatic carbocycles. The Morgan fingerprint density at radius 1 is 1.25 bits per heavy atom. The zero-order valence-electron chi connectivity index (χ0n) is 12.9. The SMILES string of the molecule is O=C(OC[C@@H]1CCC(n2cnc3cncnc32)O1)c1ccccc1. The van der Waals surface area contributed by atoms with Gasteiger partial charge in [0, 0.05) is 0 Å². The van der Waals surface area contributed by atoms with E-state index >= 15 is 0 Å². The Morgan fingerprint density at radius 2 is 2.12 bits per heavy atom. The van der Waals surface area contributed by atoms with E-state index in [-0.39, 0.29) is 24.9 Å². The summed E-state index contributed by atoms with van der Waals surface area (Å²) < 4.78 is 13.2. The van der Waals surface area contributed by atoms with Crippen LogP contribution in [-0.4, -0.2) is 38.2 Å². The molecule has 7 heteroatoms. The molecule has 24 heavy (non-hydrogen) atoms. The second kappa shape index (κ2) is 6.37. The van der Waals surface area contributed by atoms with Crippen molar-refractivity contribution in [2.24, 2.45) is 0 Å². The highest BCUT2D eigenvalue weighted by Gasteiger charge is 2.28. The molecule has 3 heterocycles. The summed E-state index contributed by atoms with van der Waals surface area (Å²) in [5.41, 5.74) is 2.03. The Morgan fingerprint density at radius 3 is 3.00 bits per heavy atom. The molecule has 0 N–H and O–H groups in total. The van der Waals surface area contributed by atoms with Gasteiger partial charge in [-0.3, -0.25) is 4.57 Å². The van der Waals surface area contributed by atoms with Crippen molar-refractivity contribution in [2.45, 2.75) is 25.2 Å². The molecule has 1 aliphatic rings. The van der Waals surface area contributed by atoms with Gasteiger partial charge in [-0.05, 0) is 25.0 Å². The molecule has 1 aliphatic heterocycles. The van der Waals surface area contributed by atoms with E-state index in [0.29, 0.717) is 5.56 Å². The topological polar surface area (TPSA) is 79.1 Å². The van der Waals surface area contributed by atoms with Crippen LogP contribution in [0.3, 0.4) is 0 Å². The monoisotopic (exact) mass is 324 g/mol. The predicted molar refractivity (Wildman–Crippen MR) is 85.2 cm³/mol. The molecule has 3 aromatic rings. The summed E-state index contributed by atoms with van der Waals surface area (Å²) in [6.45, 7) is 0.242. The van der Waals surface area contributed by atoms with E-state index in [4.69, 9.17) is 9.47 Å². The standard InChI is InChI=1S/C17H16N4O3/c22-17(12-4-2-1-3-5-12)23-9-13-6-7-15(24-13)21-11-20-14-8-18-10-19-16(14)21/h1-5,8,10-11,13,15H,6-7,9H2/t13-,15?/m0/s1. The molecule has 0 amide bonds. The summed E-state index contributed by atoms with van der Waals surface area (Å²) in [7, 11) is 0. The molecule has 1 saturated heterocycles. The van der Waals surface area contributed by atoms with Crippen molar-refractivity contribution >= 4 is 17.1 Å². The number of imidazole rings is 1. The maximum atomic E-state index is 12.0. The number of benzene rings is 1. The highest BCUT2D eigenvalue weighted by molar-refractivity contribution is 5.89.